The molecule has 2 unspecified atom stereocenters. The summed E-state index contributed by atoms with van der Waals surface area (Å²) in [6.45, 7) is 6.83. The van der Waals surface area contributed by atoms with Crippen LogP contribution >= 0.6 is 0 Å². The van der Waals surface area contributed by atoms with Gasteiger partial charge in [0.1, 0.15) is 0 Å². The Morgan fingerprint density at radius 3 is 2.56 bits per heavy atom. The molecule has 0 aromatic heterocycles. The standard InChI is InChI=1S/C13H26N2O/c1-4-5-10(2)15-13(16)9-14-11(3)8-12-6-7-12/h10-12,14H,4-9H2,1-3H3,(H,15,16). The minimum Gasteiger partial charge on any atom is -0.353 e. The van der Waals surface area contributed by atoms with E-state index in [1.807, 2.05) is 0 Å². The van der Waals surface area contributed by atoms with E-state index in [0.29, 0.717) is 18.6 Å². The number of carbonyl (C=O) groups excluding carboxylic acids is 1. The lowest BCUT2D eigenvalue weighted by atomic mass is 10.1. The molecule has 1 rings (SSSR count). The van der Waals surface area contributed by atoms with Gasteiger partial charge in [0.2, 0.25) is 5.91 Å². The van der Waals surface area contributed by atoms with Crippen molar-refractivity contribution in [2.75, 3.05) is 6.54 Å². The minimum atomic E-state index is 0.128. The lowest BCUT2D eigenvalue weighted by Crippen LogP contribution is -2.41. The Labute approximate surface area is 99.4 Å². The third kappa shape index (κ3) is 6.11. The first-order valence-corrected chi connectivity index (χ1v) is 6.64. The summed E-state index contributed by atoms with van der Waals surface area (Å²) in [5.41, 5.74) is 0. The van der Waals surface area contributed by atoms with Crippen LogP contribution in [0.1, 0.15) is 52.9 Å². The predicted octanol–water partition coefficient (Wildman–Crippen LogP) is 2.07. The zero-order chi connectivity index (χ0) is 12.0. The molecule has 0 heterocycles. The molecular weight excluding hydrogens is 200 g/mol. The second-order valence-corrected chi connectivity index (χ2v) is 5.22. The van der Waals surface area contributed by atoms with Crippen LogP contribution < -0.4 is 10.6 Å². The fourth-order valence-corrected chi connectivity index (χ4v) is 2.03. The maximum absolute atomic E-state index is 11.6. The van der Waals surface area contributed by atoms with Gasteiger partial charge in [-0.05, 0) is 32.6 Å². The minimum absolute atomic E-state index is 0.128. The molecule has 0 saturated heterocycles. The molecule has 0 aliphatic heterocycles. The van der Waals surface area contributed by atoms with Crippen LogP contribution in [0.15, 0.2) is 0 Å². The number of carbonyl (C=O) groups is 1. The van der Waals surface area contributed by atoms with Gasteiger partial charge < -0.3 is 10.6 Å². The molecule has 1 fully saturated rings. The molecule has 0 bridgehead atoms. The van der Waals surface area contributed by atoms with E-state index in [2.05, 4.69) is 31.4 Å². The molecule has 0 spiro atoms. The zero-order valence-corrected chi connectivity index (χ0v) is 10.9. The monoisotopic (exact) mass is 226 g/mol. The van der Waals surface area contributed by atoms with Gasteiger partial charge in [-0.25, -0.2) is 0 Å². The van der Waals surface area contributed by atoms with Crippen LogP contribution in [0.5, 0.6) is 0 Å². The lowest BCUT2D eigenvalue weighted by molar-refractivity contribution is -0.121. The Bertz CT molecular complexity index is 214. The van der Waals surface area contributed by atoms with E-state index < -0.39 is 0 Å². The van der Waals surface area contributed by atoms with Crippen LogP contribution in [0.4, 0.5) is 0 Å². The van der Waals surface area contributed by atoms with Gasteiger partial charge in [0, 0.05) is 12.1 Å². The molecule has 3 heteroatoms. The first-order valence-electron chi connectivity index (χ1n) is 6.64. The van der Waals surface area contributed by atoms with Crippen molar-refractivity contribution in [3.05, 3.63) is 0 Å². The summed E-state index contributed by atoms with van der Waals surface area (Å²) in [7, 11) is 0. The van der Waals surface area contributed by atoms with Crippen molar-refractivity contribution in [1.29, 1.82) is 0 Å². The summed E-state index contributed by atoms with van der Waals surface area (Å²) in [4.78, 5) is 11.6. The van der Waals surface area contributed by atoms with Crippen LogP contribution in [0.25, 0.3) is 0 Å². The summed E-state index contributed by atoms with van der Waals surface area (Å²) in [6.07, 6.45) is 6.16. The van der Waals surface area contributed by atoms with E-state index in [4.69, 9.17) is 0 Å². The fourth-order valence-electron chi connectivity index (χ4n) is 2.03. The van der Waals surface area contributed by atoms with Gasteiger partial charge in [-0.3, -0.25) is 4.79 Å². The second-order valence-electron chi connectivity index (χ2n) is 5.22. The van der Waals surface area contributed by atoms with Crippen molar-refractivity contribution >= 4 is 5.91 Å². The van der Waals surface area contributed by atoms with E-state index in [9.17, 15) is 4.79 Å². The molecule has 16 heavy (non-hydrogen) atoms. The highest BCUT2D eigenvalue weighted by Gasteiger charge is 2.23. The summed E-state index contributed by atoms with van der Waals surface area (Å²) in [5, 5.41) is 6.29. The van der Waals surface area contributed by atoms with Crippen LogP contribution in [0, 0.1) is 5.92 Å². The number of rotatable bonds is 8. The normalized spacial score (nSPS) is 19.2. The third-order valence-corrected chi connectivity index (χ3v) is 3.12. The van der Waals surface area contributed by atoms with Crippen LogP contribution in [-0.2, 0) is 4.79 Å². The average molecular weight is 226 g/mol. The molecule has 3 nitrogen and oxygen atoms in total. The maximum atomic E-state index is 11.6. The van der Waals surface area contributed by atoms with Crippen LogP contribution in [0.2, 0.25) is 0 Å². The molecule has 1 aliphatic carbocycles. The Hall–Kier alpha value is -0.570. The summed E-state index contributed by atoms with van der Waals surface area (Å²) in [6, 6.07) is 0.776. The Morgan fingerprint density at radius 1 is 1.31 bits per heavy atom. The SMILES string of the molecule is CCCC(C)NC(=O)CNC(C)CC1CC1. The molecule has 0 aromatic carbocycles. The van der Waals surface area contributed by atoms with Crippen LogP contribution in [0.3, 0.4) is 0 Å². The van der Waals surface area contributed by atoms with Crippen molar-refractivity contribution in [3.8, 4) is 0 Å². The van der Waals surface area contributed by atoms with E-state index in [1.54, 1.807) is 0 Å². The number of nitrogens with one attached hydrogen (secondary N) is 2. The van der Waals surface area contributed by atoms with E-state index in [-0.39, 0.29) is 5.91 Å². The summed E-state index contributed by atoms with van der Waals surface area (Å²) < 4.78 is 0. The van der Waals surface area contributed by atoms with Crippen molar-refractivity contribution < 1.29 is 4.79 Å². The van der Waals surface area contributed by atoms with Crippen molar-refractivity contribution in [3.63, 3.8) is 0 Å². The number of amides is 1. The molecule has 0 radical (unpaired) electrons. The number of hydrogen-bond acceptors (Lipinski definition) is 2. The van der Waals surface area contributed by atoms with Crippen molar-refractivity contribution in [2.45, 2.75) is 65.0 Å². The lowest BCUT2D eigenvalue weighted by Gasteiger charge is -2.16. The Morgan fingerprint density at radius 2 is 2.00 bits per heavy atom. The fraction of sp³-hybridized carbons (Fsp3) is 0.923. The molecule has 0 aromatic rings. The first-order chi connectivity index (χ1) is 7.61. The molecular formula is C13H26N2O. The van der Waals surface area contributed by atoms with E-state index in [1.165, 1.54) is 19.3 Å². The predicted molar refractivity (Wildman–Crippen MR) is 67.3 cm³/mol. The highest BCUT2D eigenvalue weighted by molar-refractivity contribution is 5.78. The van der Waals surface area contributed by atoms with Crippen molar-refractivity contribution in [2.24, 2.45) is 5.92 Å². The molecule has 1 saturated carbocycles. The van der Waals surface area contributed by atoms with Gasteiger partial charge in [-0.1, -0.05) is 26.2 Å². The van der Waals surface area contributed by atoms with E-state index in [0.717, 1.165) is 18.8 Å². The molecule has 2 N–H and O–H groups in total. The Balaban J connectivity index is 2.03. The van der Waals surface area contributed by atoms with Gasteiger partial charge in [-0.15, -0.1) is 0 Å². The smallest absolute Gasteiger partial charge is 0.234 e. The summed E-state index contributed by atoms with van der Waals surface area (Å²) >= 11 is 0. The average Bonchev–Trinajstić information content (AvgIpc) is 2.99. The van der Waals surface area contributed by atoms with Gasteiger partial charge in [0.25, 0.3) is 0 Å². The van der Waals surface area contributed by atoms with Gasteiger partial charge in [0.05, 0.1) is 6.54 Å². The van der Waals surface area contributed by atoms with Crippen LogP contribution in [-0.4, -0.2) is 24.5 Å². The zero-order valence-electron chi connectivity index (χ0n) is 10.9. The van der Waals surface area contributed by atoms with E-state index >= 15 is 0 Å². The quantitative estimate of drug-likeness (QED) is 0.665. The van der Waals surface area contributed by atoms with Gasteiger partial charge in [-0.2, -0.15) is 0 Å². The molecule has 1 aliphatic rings. The topological polar surface area (TPSA) is 41.1 Å². The summed E-state index contributed by atoms with van der Waals surface area (Å²) in [5.74, 6) is 1.05. The Kier molecular flexibility index (Phi) is 5.81. The first kappa shape index (κ1) is 13.5. The van der Waals surface area contributed by atoms with Gasteiger partial charge in [0.15, 0.2) is 0 Å². The van der Waals surface area contributed by atoms with Gasteiger partial charge >= 0.3 is 0 Å². The highest BCUT2D eigenvalue weighted by atomic mass is 16.1. The largest absolute Gasteiger partial charge is 0.353 e. The molecule has 2 atom stereocenters. The van der Waals surface area contributed by atoms with Crippen molar-refractivity contribution in [1.82, 2.24) is 10.6 Å². The molecule has 1 amide bonds. The number of hydrogen-bond donors (Lipinski definition) is 2. The second kappa shape index (κ2) is 6.89. The molecule has 94 valence electrons. The third-order valence-electron chi connectivity index (χ3n) is 3.12. The maximum Gasteiger partial charge on any atom is 0.234 e. The highest BCUT2D eigenvalue weighted by Crippen LogP contribution is 2.33.